The second-order valence-corrected chi connectivity index (χ2v) is 5.07. The molecule has 3 N–H and O–H groups in total. The molecule has 0 radical (unpaired) electrons. The van der Waals surface area contributed by atoms with E-state index in [0.29, 0.717) is 13.0 Å². The van der Waals surface area contributed by atoms with Gasteiger partial charge in [0.05, 0.1) is 11.1 Å². The number of benzene rings is 1. The van der Waals surface area contributed by atoms with Crippen LogP contribution in [-0.4, -0.2) is 22.2 Å². The molecule has 5 nitrogen and oxygen atoms in total. The second-order valence-electron chi connectivity index (χ2n) is 5.07. The molecule has 1 atom stereocenters. The zero-order valence-electron chi connectivity index (χ0n) is 11.8. The first-order valence-electron chi connectivity index (χ1n) is 6.70. The number of nitrogens with one attached hydrogen (secondary N) is 1. The van der Waals surface area contributed by atoms with E-state index in [1.54, 1.807) is 10.9 Å². The number of nitrogens with two attached hydrogens (primary N) is 1. The highest BCUT2D eigenvalue weighted by molar-refractivity contribution is 5.95. The van der Waals surface area contributed by atoms with Gasteiger partial charge in [0.25, 0.3) is 0 Å². The minimum Gasteiger partial charge on any atom is -0.329 e. The smallest absolute Gasteiger partial charge is 0.231 e. The fourth-order valence-electron chi connectivity index (χ4n) is 1.83. The number of amides is 1. The van der Waals surface area contributed by atoms with Crippen LogP contribution in [0.25, 0.3) is 5.69 Å². The number of aromatic nitrogens is 2. The van der Waals surface area contributed by atoms with Gasteiger partial charge in [0.2, 0.25) is 5.91 Å². The van der Waals surface area contributed by atoms with Crippen LogP contribution in [0.15, 0.2) is 42.7 Å². The Labute approximate surface area is 118 Å². The molecule has 0 spiro atoms. The minimum absolute atomic E-state index is 0.0554. The standard InChI is InChI=1S/C15H20N4O/c1-3-15(2,11-16)14(20)18-12-6-4-7-13(10-12)19-9-5-8-17-19/h4-10H,3,11,16H2,1-2H3,(H,18,20). The largest absolute Gasteiger partial charge is 0.329 e. The van der Waals surface area contributed by atoms with E-state index in [-0.39, 0.29) is 5.91 Å². The maximum atomic E-state index is 12.3. The highest BCUT2D eigenvalue weighted by Gasteiger charge is 2.29. The SMILES string of the molecule is CCC(C)(CN)C(=O)Nc1cccc(-n2cccn2)c1. The lowest BCUT2D eigenvalue weighted by atomic mass is 9.86. The van der Waals surface area contributed by atoms with E-state index < -0.39 is 5.41 Å². The van der Waals surface area contributed by atoms with Crippen molar-refractivity contribution < 1.29 is 4.79 Å². The van der Waals surface area contributed by atoms with E-state index in [4.69, 9.17) is 5.73 Å². The quantitative estimate of drug-likeness (QED) is 0.876. The zero-order chi connectivity index (χ0) is 14.6. The van der Waals surface area contributed by atoms with Crippen LogP contribution in [0.5, 0.6) is 0 Å². The van der Waals surface area contributed by atoms with Crippen molar-refractivity contribution in [3.63, 3.8) is 0 Å². The fraction of sp³-hybridized carbons (Fsp3) is 0.333. The lowest BCUT2D eigenvalue weighted by molar-refractivity contribution is -0.124. The van der Waals surface area contributed by atoms with Gasteiger partial charge in [-0.1, -0.05) is 13.0 Å². The summed E-state index contributed by atoms with van der Waals surface area (Å²) in [6.45, 7) is 4.17. The lowest BCUT2D eigenvalue weighted by Gasteiger charge is -2.25. The summed E-state index contributed by atoms with van der Waals surface area (Å²) in [6.07, 6.45) is 4.28. The van der Waals surface area contributed by atoms with Gasteiger partial charge in [-0.3, -0.25) is 4.79 Å². The molecule has 2 rings (SSSR count). The normalized spacial score (nSPS) is 13.8. The summed E-state index contributed by atoms with van der Waals surface area (Å²) in [5.74, 6) is -0.0554. The summed E-state index contributed by atoms with van der Waals surface area (Å²) < 4.78 is 1.75. The molecule has 0 fully saturated rings. The Bertz CT molecular complexity index is 573. The zero-order valence-corrected chi connectivity index (χ0v) is 11.8. The molecule has 0 aliphatic heterocycles. The van der Waals surface area contributed by atoms with Crippen LogP contribution in [0, 0.1) is 5.41 Å². The third kappa shape index (κ3) is 2.88. The summed E-state index contributed by atoms with van der Waals surface area (Å²) in [5, 5.41) is 7.10. The van der Waals surface area contributed by atoms with Gasteiger partial charge in [-0.05, 0) is 37.6 Å². The maximum Gasteiger partial charge on any atom is 0.231 e. The first-order chi connectivity index (χ1) is 9.59. The number of hydrogen-bond acceptors (Lipinski definition) is 3. The minimum atomic E-state index is -0.540. The van der Waals surface area contributed by atoms with E-state index >= 15 is 0 Å². The van der Waals surface area contributed by atoms with Crippen molar-refractivity contribution in [1.82, 2.24) is 9.78 Å². The van der Waals surface area contributed by atoms with E-state index in [1.165, 1.54) is 0 Å². The molecule has 1 aromatic carbocycles. The van der Waals surface area contributed by atoms with E-state index in [9.17, 15) is 4.79 Å². The molecule has 1 aromatic heterocycles. The number of rotatable bonds is 5. The third-order valence-electron chi connectivity index (χ3n) is 3.65. The van der Waals surface area contributed by atoms with Crippen LogP contribution in [0.4, 0.5) is 5.69 Å². The highest BCUT2D eigenvalue weighted by Crippen LogP contribution is 2.22. The summed E-state index contributed by atoms with van der Waals surface area (Å²) in [5.41, 5.74) is 6.81. The maximum absolute atomic E-state index is 12.3. The first kappa shape index (κ1) is 14.3. The molecule has 0 aliphatic carbocycles. The van der Waals surface area contributed by atoms with Crippen molar-refractivity contribution in [3.8, 4) is 5.69 Å². The Kier molecular flexibility index (Phi) is 4.20. The number of anilines is 1. The van der Waals surface area contributed by atoms with Crippen molar-refractivity contribution >= 4 is 11.6 Å². The molecule has 106 valence electrons. The van der Waals surface area contributed by atoms with Gasteiger partial charge in [0, 0.05) is 24.6 Å². The lowest BCUT2D eigenvalue weighted by Crippen LogP contribution is -2.39. The van der Waals surface area contributed by atoms with E-state index in [1.807, 2.05) is 50.4 Å². The van der Waals surface area contributed by atoms with E-state index in [2.05, 4.69) is 10.4 Å². The Morgan fingerprint density at radius 1 is 1.45 bits per heavy atom. The monoisotopic (exact) mass is 272 g/mol. The molecule has 2 aromatic rings. The molecular weight excluding hydrogens is 252 g/mol. The van der Waals surface area contributed by atoms with Crippen LogP contribution >= 0.6 is 0 Å². The number of nitrogens with zero attached hydrogens (tertiary/aromatic N) is 2. The average Bonchev–Trinajstić information content (AvgIpc) is 3.01. The van der Waals surface area contributed by atoms with Gasteiger partial charge in [-0.2, -0.15) is 5.10 Å². The molecule has 0 aliphatic rings. The van der Waals surface area contributed by atoms with Crippen molar-refractivity contribution in [2.75, 3.05) is 11.9 Å². The molecule has 1 heterocycles. The Morgan fingerprint density at radius 3 is 2.85 bits per heavy atom. The summed E-state index contributed by atoms with van der Waals surface area (Å²) in [4.78, 5) is 12.3. The predicted octanol–water partition coefficient (Wildman–Crippen LogP) is 2.19. The Morgan fingerprint density at radius 2 is 2.25 bits per heavy atom. The van der Waals surface area contributed by atoms with Crippen molar-refractivity contribution in [1.29, 1.82) is 0 Å². The number of carbonyl (C=O) groups is 1. The average molecular weight is 272 g/mol. The molecular formula is C15H20N4O. The molecule has 0 bridgehead atoms. The van der Waals surface area contributed by atoms with Crippen molar-refractivity contribution in [2.24, 2.45) is 11.1 Å². The van der Waals surface area contributed by atoms with E-state index in [0.717, 1.165) is 11.4 Å². The first-order valence-corrected chi connectivity index (χ1v) is 6.70. The van der Waals surface area contributed by atoms with Crippen molar-refractivity contribution in [3.05, 3.63) is 42.7 Å². The molecule has 1 amide bonds. The molecule has 0 saturated heterocycles. The molecule has 20 heavy (non-hydrogen) atoms. The Hall–Kier alpha value is -2.14. The topological polar surface area (TPSA) is 72.9 Å². The summed E-state index contributed by atoms with van der Waals surface area (Å²) in [7, 11) is 0. The molecule has 1 unspecified atom stereocenters. The third-order valence-corrected chi connectivity index (χ3v) is 3.65. The molecule has 5 heteroatoms. The number of carbonyl (C=O) groups excluding carboxylic acids is 1. The van der Waals surface area contributed by atoms with Gasteiger partial charge in [0.15, 0.2) is 0 Å². The van der Waals surface area contributed by atoms with Crippen LogP contribution in [0.3, 0.4) is 0 Å². The van der Waals surface area contributed by atoms with Crippen LogP contribution in [0.2, 0.25) is 0 Å². The predicted molar refractivity (Wildman–Crippen MR) is 79.6 cm³/mol. The van der Waals surface area contributed by atoms with Gasteiger partial charge >= 0.3 is 0 Å². The van der Waals surface area contributed by atoms with Gasteiger partial charge < -0.3 is 11.1 Å². The fourth-order valence-corrected chi connectivity index (χ4v) is 1.83. The van der Waals surface area contributed by atoms with Gasteiger partial charge in [-0.15, -0.1) is 0 Å². The van der Waals surface area contributed by atoms with Crippen LogP contribution in [0.1, 0.15) is 20.3 Å². The van der Waals surface area contributed by atoms with Crippen LogP contribution in [-0.2, 0) is 4.79 Å². The van der Waals surface area contributed by atoms with Crippen molar-refractivity contribution in [2.45, 2.75) is 20.3 Å². The second kappa shape index (κ2) is 5.88. The highest BCUT2D eigenvalue weighted by atomic mass is 16.2. The number of hydrogen-bond donors (Lipinski definition) is 2. The van der Waals surface area contributed by atoms with Crippen LogP contribution < -0.4 is 11.1 Å². The molecule has 0 saturated carbocycles. The summed E-state index contributed by atoms with van der Waals surface area (Å²) in [6, 6.07) is 9.42. The van der Waals surface area contributed by atoms with Gasteiger partial charge in [0.1, 0.15) is 0 Å². The summed E-state index contributed by atoms with van der Waals surface area (Å²) >= 11 is 0. The Balaban J connectivity index is 2.19. The van der Waals surface area contributed by atoms with Gasteiger partial charge in [-0.25, -0.2) is 4.68 Å².